The van der Waals surface area contributed by atoms with Gasteiger partial charge in [0.2, 0.25) is 5.78 Å². The second kappa shape index (κ2) is 6.64. The molecule has 2 rings (SSSR count). The number of nitrogens with zero attached hydrogens (tertiary/aromatic N) is 1. The van der Waals surface area contributed by atoms with E-state index >= 15 is 0 Å². The topological polar surface area (TPSA) is 50.1 Å². The van der Waals surface area contributed by atoms with Crippen molar-refractivity contribution in [3.63, 3.8) is 0 Å². The summed E-state index contributed by atoms with van der Waals surface area (Å²) in [6, 6.07) is 11.6. The molecule has 2 aromatic rings. The van der Waals surface area contributed by atoms with Crippen molar-refractivity contribution in [1.82, 2.24) is 0 Å². The minimum Gasteiger partial charge on any atom is -0.496 e. The number of benzene rings is 2. The lowest BCUT2D eigenvalue weighted by molar-refractivity contribution is 0.103. The lowest BCUT2D eigenvalue weighted by Crippen LogP contribution is -2.04. The van der Waals surface area contributed by atoms with Gasteiger partial charge in [-0.05, 0) is 24.3 Å². The Morgan fingerprint density at radius 2 is 1.91 bits per heavy atom. The Morgan fingerprint density at radius 3 is 2.59 bits per heavy atom. The van der Waals surface area contributed by atoms with E-state index in [0.29, 0.717) is 5.75 Å². The molecule has 0 spiro atoms. The van der Waals surface area contributed by atoms with Gasteiger partial charge in [0.1, 0.15) is 17.4 Å². The fourth-order valence-electron chi connectivity index (χ4n) is 1.91. The van der Waals surface area contributed by atoms with Crippen LogP contribution in [0.5, 0.6) is 5.75 Å². The number of allylic oxidation sites excluding steroid dienone is 1. The maximum absolute atomic E-state index is 13.6. The van der Waals surface area contributed by atoms with Gasteiger partial charge in [0, 0.05) is 5.56 Å². The van der Waals surface area contributed by atoms with E-state index in [-0.39, 0.29) is 16.7 Å². The molecule has 0 unspecified atom stereocenters. The van der Waals surface area contributed by atoms with Crippen LogP contribution in [0.3, 0.4) is 0 Å². The molecular formula is C17H11F2NO2. The first kappa shape index (κ1) is 15.4. The molecular weight excluding hydrogens is 288 g/mol. The molecule has 3 nitrogen and oxygen atoms in total. The molecule has 0 aliphatic rings. The summed E-state index contributed by atoms with van der Waals surface area (Å²) in [4.78, 5) is 12.4. The molecule has 0 aromatic heterocycles. The number of rotatable bonds is 4. The van der Waals surface area contributed by atoms with Gasteiger partial charge in [-0.15, -0.1) is 0 Å². The van der Waals surface area contributed by atoms with Crippen LogP contribution in [0.4, 0.5) is 8.78 Å². The highest BCUT2D eigenvalue weighted by Gasteiger charge is 2.17. The van der Waals surface area contributed by atoms with Gasteiger partial charge in [0.25, 0.3) is 0 Å². The molecule has 5 heteroatoms. The van der Waals surface area contributed by atoms with Crippen molar-refractivity contribution in [2.24, 2.45) is 0 Å². The van der Waals surface area contributed by atoms with Crippen LogP contribution in [0, 0.1) is 23.0 Å². The van der Waals surface area contributed by atoms with Gasteiger partial charge < -0.3 is 4.74 Å². The zero-order chi connectivity index (χ0) is 16.1. The van der Waals surface area contributed by atoms with E-state index in [2.05, 4.69) is 0 Å². The number of ketones is 1. The number of carbonyl (C=O) groups excluding carboxylic acids is 1. The van der Waals surface area contributed by atoms with Crippen molar-refractivity contribution in [3.05, 3.63) is 70.8 Å². The molecule has 0 atom stereocenters. The molecule has 0 fully saturated rings. The van der Waals surface area contributed by atoms with Gasteiger partial charge in [-0.1, -0.05) is 24.3 Å². The minimum absolute atomic E-state index is 0.167. The molecule has 22 heavy (non-hydrogen) atoms. The number of halogens is 2. The number of nitriles is 1. The summed E-state index contributed by atoms with van der Waals surface area (Å²) in [5.41, 5.74) is -0.302. The lowest BCUT2D eigenvalue weighted by Gasteiger charge is -2.06. The number of carbonyl (C=O) groups is 1. The van der Waals surface area contributed by atoms with Gasteiger partial charge >= 0.3 is 0 Å². The first-order valence-corrected chi connectivity index (χ1v) is 6.32. The zero-order valence-corrected chi connectivity index (χ0v) is 11.6. The highest BCUT2D eigenvalue weighted by Crippen LogP contribution is 2.22. The molecule has 0 amide bonds. The summed E-state index contributed by atoms with van der Waals surface area (Å²) in [6.07, 6.45) is 1.02. The summed E-state index contributed by atoms with van der Waals surface area (Å²) in [5, 5.41) is 9.15. The molecule has 110 valence electrons. The van der Waals surface area contributed by atoms with Gasteiger partial charge in [0.15, 0.2) is 11.6 Å². The molecule has 0 radical (unpaired) electrons. The van der Waals surface area contributed by atoms with Crippen molar-refractivity contribution in [1.29, 1.82) is 5.26 Å². The second-order valence-electron chi connectivity index (χ2n) is 4.34. The standard InChI is InChI=1S/C17H11F2NO2/c1-22-15-8-3-2-6-13(15)17(21)12(10-20)9-11-5-4-7-14(18)16(11)19/h2-9H,1H3/b12-9-. The molecule has 0 saturated carbocycles. The largest absolute Gasteiger partial charge is 0.496 e. The van der Waals surface area contributed by atoms with Crippen LogP contribution < -0.4 is 4.74 Å². The Labute approximate surface area is 126 Å². The second-order valence-corrected chi connectivity index (χ2v) is 4.34. The number of hydrogen-bond acceptors (Lipinski definition) is 3. The van der Waals surface area contributed by atoms with Crippen LogP contribution in [0.25, 0.3) is 6.08 Å². The number of methoxy groups -OCH3 is 1. The maximum atomic E-state index is 13.6. The summed E-state index contributed by atoms with van der Waals surface area (Å²) in [5.74, 6) is -2.48. The first-order chi connectivity index (χ1) is 10.6. The quantitative estimate of drug-likeness (QED) is 0.490. The molecule has 0 heterocycles. The van der Waals surface area contributed by atoms with E-state index in [1.165, 1.54) is 25.3 Å². The molecule has 0 bridgehead atoms. The van der Waals surface area contributed by atoms with Crippen molar-refractivity contribution < 1.29 is 18.3 Å². The van der Waals surface area contributed by atoms with Crippen LogP contribution in [-0.4, -0.2) is 12.9 Å². The Balaban J connectivity index is 2.48. The normalized spacial score (nSPS) is 10.9. The third-order valence-corrected chi connectivity index (χ3v) is 3.00. The lowest BCUT2D eigenvalue weighted by atomic mass is 10.0. The summed E-state index contributed by atoms with van der Waals surface area (Å²) in [7, 11) is 1.40. The van der Waals surface area contributed by atoms with Crippen LogP contribution in [-0.2, 0) is 0 Å². The highest BCUT2D eigenvalue weighted by molar-refractivity contribution is 6.15. The van der Waals surface area contributed by atoms with Crippen LogP contribution in [0.2, 0.25) is 0 Å². The van der Waals surface area contributed by atoms with Gasteiger partial charge in [-0.2, -0.15) is 5.26 Å². The van der Waals surface area contributed by atoms with Gasteiger partial charge in [-0.3, -0.25) is 4.79 Å². The summed E-state index contributed by atoms with van der Waals surface area (Å²) >= 11 is 0. The molecule has 0 aliphatic carbocycles. The van der Waals surface area contributed by atoms with Crippen molar-refractivity contribution >= 4 is 11.9 Å². The molecule has 2 aromatic carbocycles. The average molecular weight is 299 g/mol. The fourth-order valence-corrected chi connectivity index (χ4v) is 1.91. The van der Waals surface area contributed by atoms with E-state index in [1.807, 2.05) is 0 Å². The smallest absolute Gasteiger partial charge is 0.207 e. The maximum Gasteiger partial charge on any atom is 0.207 e. The Bertz CT molecular complexity index is 791. The summed E-state index contributed by atoms with van der Waals surface area (Å²) in [6.45, 7) is 0. The van der Waals surface area contributed by atoms with Crippen molar-refractivity contribution in [2.75, 3.05) is 7.11 Å². The van der Waals surface area contributed by atoms with Crippen LogP contribution in [0.1, 0.15) is 15.9 Å². The minimum atomic E-state index is -1.11. The number of hydrogen-bond donors (Lipinski definition) is 0. The van der Waals surface area contributed by atoms with Crippen molar-refractivity contribution in [3.8, 4) is 11.8 Å². The monoisotopic (exact) mass is 299 g/mol. The Morgan fingerprint density at radius 1 is 1.18 bits per heavy atom. The van der Waals surface area contributed by atoms with Crippen LogP contribution in [0.15, 0.2) is 48.0 Å². The average Bonchev–Trinajstić information content (AvgIpc) is 2.55. The van der Waals surface area contributed by atoms with Gasteiger partial charge in [0.05, 0.1) is 12.7 Å². The third-order valence-electron chi connectivity index (χ3n) is 3.00. The molecule has 0 aliphatic heterocycles. The zero-order valence-electron chi connectivity index (χ0n) is 11.6. The number of ether oxygens (including phenoxy) is 1. The third kappa shape index (κ3) is 3.01. The summed E-state index contributed by atoms with van der Waals surface area (Å²) < 4.78 is 31.9. The van der Waals surface area contributed by atoms with E-state index in [9.17, 15) is 13.6 Å². The van der Waals surface area contributed by atoms with Crippen LogP contribution >= 0.6 is 0 Å². The predicted octanol–water partition coefficient (Wildman–Crippen LogP) is 3.76. The number of Topliss-reactive ketones (excluding diaryl/α,β-unsaturated/α-hetero) is 1. The number of para-hydroxylation sites is 1. The highest BCUT2D eigenvalue weighted by atomic mass is 19.2. The van der Waals surface area contributed by atoms with E-state index in [1.54, 1.807) is 24.3 Å². The van der Waals surface area contributed by atoms with E-state index in [0.717, 1.165) is 12.1 Å². The fraction of sp³-hybridized carbons (Fsp3) is 0.0588. The van der Waals surface area contributed by atoms with E-state index < -0.39 is 17.4 Å². The molecule has 0 saturated heterocycles. The SMILES string of the molecule is COc1ccccc1C(=O)/C(C#N)=C\c1cccc(F)c1F. The molecule has 0 N–H and O–H groups in total. The van der Waals surface area contributed by atoms with Crippen molar-refractivity contribution in [2.45, 2.75) is 0 Å². The first-order valence-electron chi connectivity index (χ1n) is 6.32. The van der Waals surface area contributed by atoms with Gasteiger partial charge in [-0.25, -0.2) is 8.78 Å². The Kier molecular flexibility index (Phi) is 4.64. The Hall–Kier alpha value is -3.00. The van der Waals surface area contributed by atoms with E-state index in [4.69, 9.17) is 10.00 Å². The predicted molar refractivity (Wildman–Crippen MR) is 77.3 cm³/mol.